The third-order valence-electron chi connectivity index (χ3n) is 4.88. The Morgan fingerprint density at radius 3 is 2.52 bits per heavy atom. The van der Waals surface area contributed by atoms with Crippen LogP contribution in [0.5, 0.6) is 5.75 Å². The van der Waals surface area contributed by atoms with Crippen LogP contribution in [0, 0.1) is 0 Å². The summed E-state index contributed by atoms with van der Waals surface area (Å²) in [6.45, 7) is 0.412. The van der Waals surface area contributed by atoms with E-state index in [0.29, 0.717) is 24.3 Å². The van der Waals surface area contributed by atoms with Crippen molar-refractivity contribution in [3.05, 3.63) is 72.3 Å². The number of hydrogen-bond acceptors (Lipinski definition) is 5. The molecule has 0 saturated heterocycles. The SMILES string of the molecule is COc1ccc(S(=O)(=O)N(C)C)cc1CCC(=O)NCc1ccc(-n2ccnc2)cc1. The highest BCUT2D eigenvalue weighted by Crippen LogP contribution is 2.25. The zero-order chi connectivity index (χ0) is 22.4. The molecular weight excluding hydrogens is 416 g/mol. The van der Waals surface area contributed by atoms with Gasteiger partial charge in [-0.05, 0) is 47.9 Å². The number of ether oxygens (including phenoxy) is 1. The Morgan fingerprint density at radius 2 is 1.90 bits per heavy atom. The highest BCUT2D eigenvalue weighted by atomic mass is 32.2. The molecule has 8 nitrogen and oxygen atoms in total. The lowest BCUT2D eigenvalue weighted by Gasteiger charge is -2.14. The topological polar surface area (TPSA) is 93.5 Å². The molecule has 9 heteroatoms. The van der Waals surface area contributed by atoms with Crippen LogP contribution in [0.1, 0.15) is 17.5 Å². The van der Waals surface area contributed by atoms with Crippen LogP contribution in [0.4, 0.5) is 0 Å². The van der Waals surface area contributed by atoms with Crippen molar-refractivity contribution in [2.45, 2.75) is 24.3 Å². The molecule has 0 radical (unpaired) electrons. The van der Waals surface area contributed by atoms with Crippen LogP contribution >= 0.6 is 0 Å². The molecule has 1 N–H and O–H groups in total. The molecule has 3 rings (SSSR count). The third kappa shape index (κ3) is 5.50. The fourth-order valence-corrected chi connectivity index (χ4v) is 4.01. The van der Waals surface area contributed by atoms with Crippen LogP contribution in [-0.2, 0) is 27.8 Å². The molecular formula is C22H26N4O4S. The van der Waals surface area contributed by atoms with Gasteiger partial charge in [0.2, 0.25) is 15.9 Å². The third-order valence-corrected chi connectivity index (χ3v) is 6.69. The fraction of sp³-hybridized carbons (Fsp3) is 0.273. The number of hydrogen-bond donors (Lipinski definition) is 1. The van der Waals surface area contributed by atoms with E-state index >= 15 is 0 Å². The van der Waals surface area contributed by atoms with Gasteiger partial charge in [-0.3, -0.25) is 4.79 Å². The second kappa shape index (κ2) is 9.76. The molecule has 0 spiro atoms. The van der Waals surface area contributed by atoms with Crippen LogP contribution in [0.3, 0.4) is 0 Å². The number of carbonyl (C=O) groups excluding carboxylic acids is 1. The summed E-state index contributed by atoms with van der Waals surface area (Å²) < 4.78 is 33.2. The lowest BCUT2D eigenvalue weighted by atomic mass is 10.1. The van der Waals surface area contributed by atoms with E-state index in [4.69, 9.17) is 4.74 Å². The van der Waals surface area contributed by atoms with E-state index < -0.39 is 10.0 Å². The summed E-state index contributed by atoms with van der Waals surface area (Å²) in [7, 11) is 0.924. The maximum Gasteiger partial charge on any atom is 0.242 e. The quantitative estimate of drug-likeness (QED) is 0.549. The molecule has 0 aliphatic carbocycles. The van der Waals surface area contributed by atoms with Gasteiger partial charge in [-0.2, -0.15) is 0 Å². The molecule has 0 saturated carbocycles. The van der Waals surface area contributed by atoms with Gasteiger partial charge in [0, 0.05) is 45.1 Å². The van der Waals surface area contributed by atoms with Crippen molar-refractivity contribution in [1.82, 2.24) is 19.2 Å². The Bertz CT molecular complexity index is 1120. The number of aryl methyl sites for hydroxylation is 1. The van der Waals surface area contributed by atoms with Crippen molar-refractivity contribution in [2.24, 2.45) is 0 Å². The van der Waals surface area contributed by atoms with Gasteiger partial charge in [0.25, 0.3) is 0 Å². The maximum absolute atomic E-state index is 12.4. The number of methoxy groups -OCH3 is 1. The largest absolute Gasteiger partial charge is 0.496 e. The van der Waals surface area contributed by atoms with Gasteiger partial charge >= 0.3 is 0 Å². The minimum Gasteiger partial charge on any atom is -0.496 e. The van der Waals surface area contributed by atoms with E-state index in [1.165, 1.54) is 27.3 Å². The molecule has 1 aromatic heterocycles. The molecule has 3 aromatic rings. The molecule has 2 aromatic carbocycles. The summed E-state index contributed by atoms with van der Waals surface area (Å²) in [5.74, 6) is 0.433. The highest BCUT2D eigenvalue weighted by molar-refractivity contribution is 7.89. The molecule has 0 aliphatic rings. The summed E-state index contributed by atoms with van der Waals surface area (Å²) >= 11 is 0. The van der Waals surface area contributed by atoms with Crippen LogP contribution in [0.15, 0.2) is 66.1 Å². The van der Waals surface area contributed by atoms with Gasteiger partial charge in [-0.15, -0.1) is 0 Å². The van der Waals surface area contributed by atoms with E-state index in [0.717, 1.165) is 15.6 Å². The van der Waals surface area contributed by atoms with E-state index in [1.807, 2.05) is 35.0 Å². The summed E-state index contributed by atoms with van der Waals surface area (Å²) in [5.41, 5.74) is 2.64. The standard InChI is InChI=1S/C22H26N4O4S/c1-25(2)31(28,29)20-9-10-21(30-3)18(14-20)6-11-22(27)24-15-17-4-7-19(8-5-17)26-13-12-23-16-26/h4-5,7-10,12-14,16H,6,11,15H2,1-3H3,(H,24,27). The van der Waals surface area contributed by atoms with E-state index in [9.17, 15) is 13.2 Å². The predicted molar refractivity (Wildman–Crippen MR) is 118 cm³/mol. The molecule has 0 aliphatic heterocycles. The van der Waals surface area contributed by atoms with Gasteiger partial charge < -0.3 is 14.6 Å². The first-order valence-electron chi connectivity index (χ1n) is 9.74. The van der Waals surface area contributed by atoms with Crippen LogP contribution in [0.25, 0.3) is 5.69 Å². The van der Waals surface area contributed by atoms with Crippen molar-refractivity contribution >= 4 is 15.9 Å². The van der Waals surface area contributed by atoms with Gasteiger partial charge in [0.05, 0.1) is 18.3 Å². The number of nitrogens with zero attached hydrogens (tertiary/aromatic N) is 3. The second-order valence-electron chi connectivity index (χ2n) is 7.17. The number of sulfonamides is 1. The zero-order valence-corrected chi connectivity index (χ0v) is 18.6. The number of nitrogens with one attached hydrogen (secondary N) is 1. The monoisotopic (exact) mass is 442 g/mol. The van der Waals surface area contributed by atoms with Crippen LogP contribution in [-0.4, -0.2) is 49.4 Å². The average molecular weight is 443 g/mol. The molecule has 1 heterocycles. The normalized spacial score (nSPS) is 11.5. The number of imidazole rings is 1. The molecule has 0 bridgehead atoms. The first kappa shape index (κ1) is 22.5. The van der Waals surface area contributed by atoms with Crippen LogP contribution < -0.4 is 10.1 Å². The Morgan fingerprint density at radius 1 is 1.16 bits per heavy atom. The summed E-state index contributed by atoms with van der Waals surface area (Å²) in [5, 5.41) is 2.90. The summed E-state index contributed by atoms with van der Waals surface area (Å²) in [4.78, 5) is 16.5. The predicted octanol–water partition coefficient (Wildman–Crippen LogP) is 2.38. The Kier molecular flexibility index (Phi) is 7.09. The zero-order valence-electron chi connectivity index (χ0n) is 17.8. The number of benzene rings is 2. The molecule has 0 unspecified atom stereocenters. The van der Waals surface area contributed by atoms with E-state index in [-0.39, 0.29) is 17.2 Å². The van der Waals surface area contributed by atoms with E-state index in [2.05, 4.69) is 10.3 Å². The van der Waals surface area contributed by atoms with Crippen molar-refractivity contribution in [1.29, 1.82) is 0 Å². The van der Waals surface area contributed by atoms with Crippen LogP contribution in [0.2, 0.25) is 0 Å². The van der Waals surface area contributed by atoms with Gasteiger partial charge in [-0.25, -0.2) is 17.7 Å². The molecule has 1 amide bonds. The van der Waals surface area contributed by atoms with Crippen molar-refractivity contribution in [3.63, 3.8) is 0 Å². The lowest BCUT2D eigenvalue weighted by Crippen LogP contribution is -2.23. The fourth-order valence-electron chi connectivity index (χ4n) is 3.06. The number of rotatable bonds is 9. The first-order chi connectivity index (χ1) is 14.8. The number of carbonyl (C=O) groups is 1. The Balaban J connectivity index is 1.59. The highest BCUT2D eigenvalue weighted by Gasteiger charge is 2.19. The average Bonchev–Trinajstić information content (AvgIpc) is 3.31. The molecule has 164 valence electrons. The first-order valence-corrected chi connectivity index (χ1v) is 11.2. The van der Waals surface area contributed by atoms with Gasteiger partial charge in [0.1, 0.15) is 5.75 Å². The van der Waals surface area contributed by atoms with Crippen molar-refractivity contribution in [3.8, 4) is 11.4 Å². The smallest absolute Gasteiger partial charge is 0.242 e. The minimum absolute atomic E-state index is 0.124. The second-order valence-corrected chi connectivity index (χ2v) is 9.33. The molecule has 0 atom stereocenters. The van der Waals surface area contributed by atoms with Crippen molar-refractivity contribution in [2.75, 3.05) is 21.2 Å². The maximum atomic E-state index is 12.4. The minimum atomic E-state index is -3.56. The molecule has 31 heavy (non-hydrogen) atoms. The van der Waals surface area contributed by atoms with Gasteiger partial charge in [0.15, 0.2) is 0 Å². The van der Waals surface area contributed by atoms with E-state index in [1.54, 1.807) is 24.7 Å². The number of amides is 1. The summed E-state index contributed by atoms with van der Waals surface area (Å²) in [6, 6.07) is 12.5. The summed E-state index contributed by atoms with van der Waals surface area (Å²) in [6.07, 6.45) is 5.89. The Hall–Kier alpha value is -3.17. The Labute approximate surface area is 182 Å². The number of aromatic nitrogens is 2. The molecule has 0 fully saturated rings. The lowest BCUT2D eigenvalue weighted by molar-refractivity contribution is -0.121. The van der Waals surface area contributed by atoms with Gasteiger partial charge in [-0.1, -0.05) is 12.1 Å². The van der Waals surface area contributed by atoms with Crippen molar-refractivity contribution < 1.29 is 17.9 Å².